The van der Waals surface area contributed by atoms with Crippen molar-refractivity contribution < 1.29 is 27.6 Å². The van der Waals surface area contributed by atoms with E-state index >= 15 is 0 Å². The van der Waals surface area contributed by atoms with Gasteiger partial charge in [0.1, 0.15) is 5.75 Å². The van der Waals surface area contributed by atoms with E-state index in [9.17, 15) is 28.1 Å². The fraction of sp³-hybridized carbons (Fsp3) is 0.211. The van der Waals surface area contributed by atoms with Crippen molar-refractivity contribution in [3.05, 3.63) is 64.0 Å². The molecule has 13 heteroatoms. The molecule has 0 radical (unpaired) electrons. The van der Waals surface area contributed by atoms with Gasteiger partial charge in [-0.25, -0.2) is 0 Å². The predicted octanol–water partition coefficient (Wildman–Crippen LogP) is 3.99. The molecule has 0 unspecified atom stereocenters. The van der Waals surface area contributed by atoms with Gasteiger partial charge in [-0.2, -0.15) is 13.2 Å². The zero-order valence-electron chi connectivity index (χ0n) is 16.7. The Hall–Kier alpha value is -3.61. The molecule has 0 saturated heterocycles. The minimum absolute atomic E-state index is 0.00913. The highest BCUT2D eigenvalue weighted by Crippen LogP contribution is 2.39. The van der Waals surface area contributed by atoms with Crippen LogP contribution in [0.15, 0.2) is 52.5 Å². The fourth-order valence-corrected chi connectivity index (χ4v) is 3.67. The van der Waals surface area contributed by atoms with E-state index in [-0.39, 0.29) is 22.5 Å². The zero-order chi connectivity index (χ0) is 23.5. The summed E-state index contributed by atoms with van der Waals surface area (Å²) in [6.45, 7) is 1.34. The first-order chi connectivity index (χ1) is 15.1. The van der Waals surface area contributed by atoms with Crippen LogP contribution in [0.3, 0.4) is 0 Å². The molecule has 3 aromatic rings. The molecule has 1 amide bonds. The Morgan fingerprint density at radius 3 is 2.62 bits per heavy atom. The number of aromatic nitrogens is 3. The number of benzene rings is 2. The number of nitro benzene ring substituents is 1. The monoisotopic (exact) mass is 467 g/mol. The molecular weight excluding hydrogens is 451 g/mol. The van der Waals surface area contributed by atoms with E-state index in [1.165, 1.54) is 18.6 Å². The van der Waals surface area contributed by atoms with E-state index in [1.54, 1.807) is 24.3 Å². The molecule has 2 aromatic carbocycles. The Balaban J connectivity index is 2.08. The Morgan fingerprint density at radius 2 is 2.00 bits per heavy atom. The molecule has 3 rings (SSSR count). The number of alkyl halides is 3. The van der Waals surface area contributed by atoms with Crippen molar-refractivity contribution in [2.75, 3.05) is 7.11 Å². The number of hydrogen-bond donors (Lipinski definition) is 1. The summed E-state index contributed by atoms with van der Waals surface area (Å²) in [5.41, 5.74) is -1.31. The number of amides is 1. The normalized spacial score (nSPS) is 11.3. The molecule has 1 N–H and O–H groups in total. The zero-order valence-corrected chi connectivity index (χ0v) is 17.5. The number of ether oxygens (including phenoxy) is 1. The third-order valence-electron chi connectivity index (χ3n) is 4.19. The lowest BCUT2D eigenvalue weighted by Gasteiger charge is -2.12. The number of nitro groups is 1. The maximum Gasteiger partial charge on any atom is 0.416 e. The van der Waals surface area contributed by atoms with E-state index < -0.39 is 22.4 Å². The summed E-state index contributed by atoms with van der Waals surface area (Å²) in [7, 11) is 1.48. The van der Waals surface area contributed by atoms with Crippen molar-refractivity contribution in [2.45, 2.75) is 29.7 Å². The van der Waals surface area contributed by atoms with E-state index in [0.29, 0.717) is 23.3 Å². The molecule has 9 nitrogen and oxygen atoms in total. The van der Waals surface area contributed by atoms with Gasteiger partial charge in [0.15, 0.2) is 5.82 Å². The number of rotatable bonds is 7. The predicted molar refractivity (Wildman–Crippen MR) is 108 cm³/mol. The van der Waals surface area contributed by atoms with Gasteiger partial charge in [0.05, 0.1) is 34.7 Å². The molecule has 0 aliphatic rings. The lowest BCUT2D eigenvalue weighted by Crippen LogP contribution is -2.21. The number of hydrogen-bond acceptors (Lipinski definition) is 7. The Kier molecular flexibility index (Phi) is 6.67. The van der Waals surface area contributed by atoms with Gasteiger partial charge in [0, 0.05) is 19.1 Å². The van der Waals surface area contributed by atoms with Crippen LogP contribution in [0.25, 0.3) is 5.69 Å². The standard InChI is InChI=1S/C19H16F3N5O4S/c1-11(28)23-10-17-24-25-18(26(17)13-4-3-5-14(9-13)31-2)32-16-7-6-12(19(20,21)22)8-15(16)27(29)30/h3-9H,10H2,1-2H3,(H,23,28). The maximum absolute atomic E-state index is 13.0. The average molecular weight is 467 g/mol. The second-order valence-electron chi connectivity index (χ2n) is 6.38. The van der Waals surface area contributed by atoms with Crippen molar-refractivity contribution >= 4 is 23.4 Å². The smallest absolute Gasteiger partial charge is 0.416 e. The Morgan fingerprint density at radius 1 is 1.25 bits per heavy atom. The van der Waals surface area contributed by atoms with Gasteiger partial charge in [-0.1, -0.05) is 6.07 Å². The molecule has 0 aliphatic heterocycles. The van der Waals surface area contributed by atoms with Crippen LogP contribution < -0.4 is 10.1 Å². The summed E-state index contributed by atoms with van der Waals surface area (Å²) in [6, 6.07) is 9.02. The topological polar surface area (TPSA) is 112 Å². The first-order valence-corrected chi connectivity index (χ1v) is 9.78. The largest absolute Gasteiger partial charge is 0.497 e. The van der Waals surface area contributed by atoms with Gasteiger partial charge < -0.3 is 10.1 Å². The minimum atomic E-state index is -4.72. The SMILES string of the molecule is COc1cccc(-n2c(CNC(C)=O)nnc2Sc2ccc(C(F)(F)F)cc2[N+](=O)[O-])c1. The average Bonchev–Trinajstić information content (AvgIpc) is 3.14. The minimum Gasteiger partial charge on any atom is -0.497 e. The summed E-state index contributed by atoms with van der Waals surface area (Å²) in [6.07, 6.45) is -4.72. The van der Waals surface area contributed by atoms with Crippen molar-refractivity contribution in [1.82, 2.24) is 20.1 Å². The van der Waals surface area contributed by atoms with Crippen LogP contribution in [-0.2, 0) is 17.5 Å². The summed E-state index contributed by atoms with van der Waals surface area (Å²) < 4.78 is 45.7. The first-order valence-electron chi connectivity index (χ1n) is 8.96. The third-order valence-corrected chi connectivity index (χ3v) is 5.20. The van der Waals surface area contributed by atoms with Gasteiger partial charge >= 0.3 is 6.18 Å². The lowest BCUT2D eigenvalue weighted by molar-refractivity contribution is -0.388. The maximum atomic E-state index is 13.0. The second kappa shape index (κ2) is 9.26. The van der Waals surface area contributed by atoms with Crippen LogP contribution in [0.2, 0.25) is 0 Å². The second-order valence-corrected chi connectivity index (χ2v) is 7.39. The highest BCUT2D eigenvalue weighted by atomic mass is 32.2. The van der Waals surface area contributed by atoms with Crippen LogP contribution >= 0.6 is 11.8 Å². The summed E-state index contributed by atoms with van der Waals surface area (Å²) >= 11 is 0.779. The molecule has 1 aromatic heterocycles. The molecule has 0 fully saturated rings. The van der Waals surface area contributed by atoms with Gasteiger partial charge in [-0.3, -0.25) is 19.5 Å². The molecule has 0 saturated carbocycles. The van der Waals surface area contributed by atoms with Crippen LogP contribution in [0.5, 0.6) is 5.75 Å². The van der Waals surface area contributed by atoms with Crippen molar-refractivity contribution in [1.29, 1.82) is 0 Å². The number of nitrogens with zero attached hydrogens (tertiary/aromatic N) is 4. The molecule has 0 bridgehead atoms. The van der Waals surface area contributed by atoms with E-state index in [0.717, 1.165) is 23.9 Å². The van der Waals surface area contributed by atoms with E-state index in [1.807, 2.05) is 0 Å². The fourth-order valence-electron chi connectivity index (χ4n) is 2.71. The molecule has 0 atom stereocenters. The third kappa shape index (κ3) is 5.17. The van der Waals surface area contributed by atoms with Gasteiger partial charge in [0.25, 0.3) is 5.69 Å². The van der Waals surface area contributed by atoms with Crippen LogP contribution in [0, 0.1) is 10.1 Å². The lowest BCUT2D eigenvalue weighted by atomic mass is 10.2. The highest BCUT2D eigenvalue weighted by molar-refractivity contribution is 7.99. The summed E-state index contributed by atoms with van der Waals surface area (Å²) in [5.74, 6) is 0.515. The summed E-state index contributed by atoms with van der Waals surface area (Å²) in [5, 5.41) is 22.2. The number of carbonyl (C=O) groups is 1. The molecule has 0 aliphatic carbocycles. The van der Waals surface area contributed by atoms with Crippen LogP contribution in [0.4, 0.5) is 18.9 Å². The molecule has 32 heavy (non-hydrogen) atoms. The Labute approximate surface area is 183 Å². The number of nitrogens with one attached hydrogen (secondary N) is 1. The quantitative estimate of drug-likeness (QED) is 0.413. The van der Waals surface area contributed by atoms with Crippen molar-refractivity contribution in [2.24, 2.45) is 0 Å². The van der Waals surface area contributed by atoms with Crippen molar-refractivity contribution in [3.8, 4) is 11.4 Å². The Bertz CT molecular complexity index is 1170. The van der Waals surface area contributed by atoms with Crippen LogP contribution in [-0.4, -0.2) is 32.7 Å². The van der Waals surface area contributed by atoms with E-state index in [2.05, 4.69) is 15.5 Å². The molecular formula is C19H16F3N5O4S. The first kappa shape index (κ1) is 23.1. The van der Waals surface area contributed by atoms with Crippen molar-refractivity contribution in [3.63, 3.8) is 0 Å². The number of halogens is 3. The summed E-state index contributed by atoms with van der Waals surface area (Å²) in [4.78, 5) is 21.8. The molecule has 1 heterocycles. The van der Waals surface area contributed by atoms with Gasteiger partial charge in [-0.15, -0.1) is 10.2 Å². The molecule has 168 valence electrons. The highest BCUT2D eigenvalue weighted by Gasteiger charge is 2.33. The number of carbonyl (C=O) groups excluding carboxylic acids is 1. The van der Waals surface area contributed by atoms with Gasteiger partial charge in [-0.05, 0) is 36.0 Å². The van der Waals surface area contributed by atoms with Gasteiger partial charge in [0.2, 0.25) is 11.1 Å². The van der Waals surface area contributed by atoms with E-state index in [4.69, 9.17) is 4.74 Å². The number of methoxy groups -OCH3 is 1. The molecule has 0 spiro atoms. The van der Waals surface area contributed by atoms with Crippen LogP contribution in [0.1, 0.15) is 18.3 Å².